The number of primary amides is 1. The summed E-state index contributed by atoms with van der Waals surface area (Å²) in [5.41, 5.74) is 5.97. The van der Waals surface area contributed by atoms with Crippen molar-refractivity contribution < 1.29 is 14.7 Å². The number of amides is 2. The molecule has 0 aliphatic rings. The Morgan fingerprint density at radius 3 is 2.24 bits per heavy atom. The van der Waals surface area contributed by atoms with Gasteiger partial charge in [-0.3, -0.25) is 9.59 Å². The smallest absolute Gasteiger partial charge is 0.253 e. The number of nitrogens with two attached hydrogens (primary N) is 1. The molecule has 0 fully saturated rings. The molecule has 0 aromatic heterocycles. The molecule has 2 amide bonds. The Hall–Kier alpha value is -1.88. The van der Waals surface area contributed by atoms with Crippen molar-refractivity contribution in [3.63, 3.8) is 0 Å². The van der Waals surface area contributed by atoms with Gasteiger partial charge in [-0.2, -0.15) is 0 Å². The summed E-state index contributed by atoms with van der Waals surface area (Å²) in [7, 11) is 1.67. The molecule has 0 radical (unpaired) electrons. The van der Waals surface area contributed by atoms with E-state index in [1.165, 1.54) is 17.0 Å². The summed E-state index contributed by atoms with van der Waals surface area (Å²) in [6, 6.07) is 6.18. The highest BCUT2D eigenvalue weighted by atomic mass is 16.3. The first-order valence-corrected chi connectivity index (χ1v) is 5.32. The highest BCUT2D eigenvalue weighted by Gasteiger charge is 2.11. The van der Waals surface area contributed by atoms with Gasteiger partial charge in [-0.05, 0) is 30.7 Å². The molecule has 17 heavy (non-hydrogen) atoms. The van der Waals surface area contributed by atoms with Gasteiger partial charge in [0, 0.05) is 31.3 Å². The fourth-order valence-electron chi connectivity index (χ4n) is 1.41. The zero-order chi connectivity index (χ0) is 12.8. The Labute approximate surface area is 99.8 Å². The van der Waals surface area contributed by atoms with Crippen LogP contribution >= 0.6 is 0 Å². The first-order valence-electron chi connectivity index (χ1n) is 5.32. The van der Waals surface area contributed by atoms with Gasteiger partial charge < -0.3 is 15.7 Å². The third-order valence-electron chi connectivity index (χ3n) is 2.41. The summed E-state index contributed by atoms with van der Waals surface area (Å²) < 4.78 is 0. The summed E-state index contributed by atoms with van der Waals surface area (Å²) >= 11 is 0. The Kier molecular flexibility index (Phi) is 4.66. The number of nitrogens with zero attached hydrogens (tertiary/aromatic N) is 1. The molecule has 5 heteroatoms. The molecule has 0 saturated heterocycles. The Bertz CT molecular complexity index is 401. The van der Waals surface area contributed by atoms with Crippen molar-refractivity contribution in [3.05, 3.63) is 35.4 Å². The third kappa shape index (κ3) is 3.57. The molecule has 92 valence electrons. The molecule has 0 heterocycles. The number of benzene rings is 1. The molecule has 1 aromatic carbocycles. The normalized spacial score (nSPS) is 10.0. The lowest BCUT2D eigenvalue weighted by molar-refractivity contribution is 0.0785. The van der Waals surface area contributed by atoms with Gasteiger partial charge in [-0.25, -0.2) is 0 Å². The van der Waals surface area contributed by atoms with Crippen molar-refractivity contribution in [2.75, 3.05) is 20.2 Å². The molecule has 0 saturated carbocycles. The molecular weight excluding hydrogens is 220 g/mol. The Balaban J connectivity index is 2.72. The van der Waals surface area contributed by atoms with Crippen molar-refractivity contribution in [3.8, 4) is 0 Å². The zero-order valence-electron chi connectivity index (χ0n) is 9.72. The van der Waals surface area contributed by atoms with Gasteiger partial charge in [0.15, 0.2) is 0 Å². The van der Waals surface area contributed by atoms with Gasteiger partial charge in [-0.1, -0.05) is 0 Å². The highest BCUT2D eigenvalue weighted by molar-refractivity contribution is 5.97. The van der Waals surface area contributed by atoms with Crippen LogP contribution in [0.15, 0.2) is 24.3 Å². The average molecular weight is 236 g/mol. The topological polar surface area (TPSA) is 83.6 Å². The largest absolute Gasteiger partial charge is 0.396 e. The number of carbonyl (C=O) groups is 2. The molecule has 3 N–H and O–H groups in total. The summed E-state index contributed by atoms with van der Waals surface area (Å²) in [4.78, 5) is 24.2. The molecular formula is C12H16N2O3. The molecule has 5 nitrogen and oxygen atoms in total. The van der Waals surface area contributed by atoms with Crippen molar-refractivity contribution in [2.24, 2.45) is 5.73 Å². The molecule has 0 atom stereocenters. The van der Waals surface area contributed by atoms with Crippen molar-refractivity contribution in [2.45, 2.75) is 6.42 Å². The number of hydrogen-bond donors (Lipinski definition) is 2. The second kappa shape index (κ2) is 6.00. The van der Waals surface area contributed by atoms with Crippen LogP contribution in [0.2, 0.25) is 0 Å². The van der Waals surface area contributed by atoms with Crippen LogP contribution in [0.3, 0.4) is 0 Å². The second-order valence-corrected chi connectivity index (χ2v) is 3.75. The second-order valence-electron chi connectivity index (χ2n) is 3.75. The van der Waals surface area contributed by atoms with Gasteiger partial charge in [0.2, 0.25) is 5.91 Å². The molecule has 1 rings (SSSR count). The minimum Gasteiger partial charge on any atom is -0.396 e. The first-order chi connectivity index (χ1) is 8.06. The lowest BCUT2D eigenvalue weighted by Gasteiger charge is -2.16. The highest BCUT2D eigenvalue weighted by Crippen LogP contribution is 2.07. The fourth-order valence-corrected chi connectivity index (χ4v) is 1.41. The standard InChI is InChI=1S/C12H16N2O3/c1-14(7-2-8-15)12(17)10-5-3-9(4-6-10)11(13)16/h3-6,15H,2,7-8H2,1H3,(H2,13,16). The minimum atomic E-state index is -0.516. The van der Waals surface area contributed by atoms with E-state index in [9.17, 15) is 9.59 Å². The maximum absolute atomic E-state index is 11.9. The number of carbonyl (C=O) groups excluding carboxylic acids is 2. The number of rotatable bonds is 5. The number of aliphatic hydroxyl groups is 1. The van der Waals surface area contributed by atoms with E-state index in [-0.39, 0.29) is 12.5 Å². The number of hydrogen-bond acceptors (Lipinski definition) is 3. The predicted molar refractivity (Wildman–Crippen MR) is 63.6 cm³/mol. The van der Waals surface area contributed by atoms with Crippen LogP contribution in [0.4, 0.5) is 0 Å². The van der Waals surface area contributed by atoms with E-state index in [0.29, 0.717) is 24.1 Å². The lowest BCUT2D eigenvalue weighted by atomic mass is 10.1. The Morgan fingerprint density at radius 2 is 1.76 bits per heavy atom. The van der Waals surface area contributed by atoms with Crippen molar-refractivity contribution in [1.82, 2.24) is 4.90 Å². The summed E-state index contributed by atoms with van der Waals surface area (Å²) in [5.74, 6) is -0.660. The van der Waals surface area contributed by atoms with Crippen LogP contribution in [-0.4, -0.2) is 42.0 Å². The maximum Gasteiger partial charge on any atom is 0.253 e. The minimum absolute atomic E-state index is 0.0538. The monoisotopic (exact) mass is 236 g/mol. The van der Waals surface area contributed by atoms with Crippen LogP contribution in [-0.2, 0) is 0 Å². The van der Waals surface area contributed by atoms with Gasteiger partial charge in [0.1, 0.15) is 0 Å². The van der Waals surface area contributed by atoms with Crippen LogP contribution in [0.1, 0.15) is 27.1 Å². The molecule has 0 spiro atoms. The molecule has 0 aliphatic carbocycles. The predicted octanol–water partition coefficient (Wildman–Crippen LogP) is 0.240. The maximum atomic E-state index is 11.9. The van der Waals surface area contributed by atoms with Crippen LogP contribution in [0, 0.1) is 0 Å². The SMILES string of the molecule is CN(CCCO)C(=O)c1ccc(C(N)=O)cc1. The average Bonchev–Trinajstić information content (AvgIpc) is 2.35. The van der Waals surface area contributed by atoms with Crippen LogP contribution in [0.5, 0.6) is 0 Å². The van der Waals surface area contributed by atoms with Crippen LogP contribution < -0.4 is 5.73 Å². The van der Waals surface area contributed by atoms with E-state index >= 15 is 0 Å². The zero-order valence-corrected chi connectivity index (χ0v) is 9.72. The Morgan fingerprint density at radius 1 is 1.24 bits per heavy atom. The summed E-state index contributed by atoms with van der Waals surface area (Å²) in [6.07, 6.45) is 0.543. The summed E-state index contributed by atoms with van der Waals surface area (Å²) in [5, 5.41) is 8.68. The van der Waals surface area contributed by atoms with Gasteiger partial charge in [0.05, 0.1) is 0 Å². The number of aliphatic hydroxyl groups excluding tert-OH is 1. The third-order valence-corrected chi connectivity index (χ3v) is 2.41. The quantitative estimate of drug-likeness (QED) is 0.768. The fraction of sp³-hybridized carbons (Fsp3) is 0.333. The van der Waals surface area contributed by atoms with Gasteiger partial charge in [-0.15, -0.1) is 0 Å². The van der Waals surface area contributed by atoms with E-state index in [1.807, 2.05) is 0 Å². The molecule has 1 aromatic rings. The van der Waals surface area contributed by atoms with E-state index < -0.39 is 5.91 Å². The molecule has 0 bridgehead atoms. The lowest BCUT2D eigenvalue weighted by Crippen LogP contribution is -2.28. The molecule has 0 aliphatic heterocycles. The van der Waals surface area contributed by atoms with Gasteiger partial charge >= 0.3 is 0 Å². The van der Waals surface area contributed by atoms with E-state index in [0.717, 1.165) is 0 Å². The van der Waals surface area contributed by atoms with E-state index in [4.69, 9.17) is 10.8 Å². The van der Waals surface area contributed by atoms with Crippen molar-refractivity contribution >= 4 is 11.8 Å². The van der Waals surface area contributed by atoms with E-state index in [2.05, 4.69) is 0 Å². The van der Waals surface area contributed by atoms with Crippen LogP contribution in [0.25, 0.3) is 0 Å². The molecule has 0 unspecified atom stereocenters. The van der Waals surface area contributed by atoms with Crippen molar-refractivity contribution in [1.29, 1.82) is 0 Å². The summed E-state index contributed by atoms with van der Waals surface area (Å²) in [6.45, 7) is 0.547. The van der Waals surface area contributed by atoms with E-state index in [1.54, 1.807) is 19.2 Å². The van der Waals surface area contributed by atoms with Gasteiger partial charge in [0.25, 0.3) is 5.91 Å². The first kappa shape index (κ1) is 13.2.